The van der Waals surface area contributed by atoms with Gasteiger partial charge in [0.15, 0.2) is 0 Å². The van der Waals surface area contributed by atoms with E-state index in [-0.39, 0.29) is 41.9 Å². The maximum absolute atomic E-state index is 4.61. The Morgan fingerprint density at radius 2 is 1.44 bits per heavy atom. The van der Waals surface area contributed by atoms with Gasteiger partial charge in [0.1, 0.15) is 4.32 Å². The largest absolute Gasteiger partial charge is 2.00 e. The Morgan fingerprint density at radius 3 is 1.44 bits per heavy atom. The van der Waals surface area contributed by atoms with Crippen LogP contribution in [0.3, 0.4) is 0 Å². The molecule has 1 radical (unpaired) electrons. The van der Waals surface area contributed by atoms with Gasteiger partial charge < -0.3 is 29.7 Å². The first-order valence-electron chi connectivity index (χ1n) is 1.55. The molecule has 0 amide bonds. The molecule has 0 bridgehead atoms. The van der Waals surface area contributed by atoms with Crippen LogP contribution in [0.1, 0.15) is 0 Å². The van der Waals surface area contributed by atoms with Crippen molar-refractivity contribution >= 4 is 29.2 Å². The SMILES string of the molecule is CN(C)C(=S)S.[Cl-].[Cl-].[Cu+2]. The van der Waals surface area contributed by atoms with Gasteiger partial charge in [-0.15, -0.1) is 12.6 Å². The van der Waals surface area contributed by atoms with E-state index in [0.29, 0.717) is 4.32 Å². The van der Waals surface area contributed by atoms with E-state index in [2.05, 4.69) is 24.8 Å². The fourth-order valence-corrected chi connectivity index (χ4v) is 0. The van der Waals surface area contributed by atoms with Gasteiger partial charge in [0.25, 0.3) is 0 Å². The molecule has 0 N–H and O–H groups in total. The van der Waals surface area contributed by atoms with Crippen LogP contribution in [0.2, 0.25) is 0 Å². The monoisotopic (exact) mass is 254 g/mol. The molecule has 0 aliphatic rings. The topological polar surface area (TPSA) is 3.24 Å². The van der Waals surface area contributed by atoms with E-state index in [1.807, 2.05) is 14.1 Å². The van der Waals surface area contributed by atoms with Crippen LogP contribution in [-0.2, 0) is 17.1 Å². The van der Waals surface area contributed by atoms with Crippen LogP contribution in [0.5, 0.6) is 0 Å². The summed E-state index contributed by atoms with van der Waals surface area (Å²) in [5.74, 6) is 0. The summed E-state index contributed by atoms with van der Waals surface area (Å²) in [6.07, 6.45) is 0. The van der Waals surface area contributed by atoms with Crippen LogP contribution in [0, 0.1) is 0 Å². The number of thiol groups is 1. The molecule has 61 valence electrons. The third-order valence-corrected chi connectivity index (χ3v) is 1.15. The molecule has 0 aliphatic heterocycles. The van der Waals surface area contributed by atoms with E-state index in [1.165, 1.54) is 0 Å². The first-order valence-corrected chi connectivity index (χ1v) is 2.40. The first-order chi connectivity index (χ1) is 2.64. The normalized spacial score (nSPS) is 5.22. The van der Waals surface area contributed by atoms with Crippen molar-refractivity contribution < 1.29 is 41.9 Å². The second-order valence-corrected chi connectivity index (χ2v) is 2.29. The van der Waals surface area contributed by atoms with Crippen LogP contribution in [0.15, 0.2) is 0 Å². The Bertz CT molecular complexity index is 70.8. The molecule has 0 aromatic carbocycles. The molecule has 6 heteroatoms. The molecule has 0 heterocycles. The van der Waals surface area contributed by atoms with Gasteiger partial charge >= 0.3 is 17.1 Å². The predicted octanol–water partition coefficient (Wildman–Crippen LogP) is -5.23. The van der Waals surface area contributed by atoms with Crippen molar-refractivity contribution in [3.8, 4) is 0 Å². The van der Waals surface area contributed by atoms with Gasteiger partial charge in [-0.3, -0.25) is 0 Å². The number of rotatable bonds is 0. The molecule has 0 fully saturated rings. The first kappa shape index (κ1) is 22.4. The van der Waals surface area contributed by atoms with Crippen LogP contribution in [0.4, 0.5) is 0 Å². The smallest absolute Gasteiger partial charge is 1.00 e. The van der Waals surface area contributed by atoms with Crippen LogP contribution in [0.25, 0.3) is 0 Å². The second kappa shape index (κ2) is 12.1. The van der Waals surface area contributed by atoms with Gasteiger partial charge in [-0.1, -0.05) is 12.2 Å². The molecule has 0 spiro atoms. The summed E-state index contributed by atoms with van der Waals surface area (Å²) in [7, 11) is 3.71. The summed E-state index contributed by atoms with van der Waals surface area (Å²) in [4.78, 5) is 1.76. The molecule has 0 unspecified atom stereocenters. The quantitative estimate of drug-likeness (QED) is 0.262. The molecule has 0 aromatic rings. The summed E-state index contributed by atoms with van der Waals surface area (Å²) in [5, 5.41) is 0. The maximum Gasteiger partial charge on any atom is 2.00 e. The number of nitrogens with zero attached hydrogens (tertiary/aromatic N) is 1. The zero-order chi connectivity index (χ0) is 5.15. The van der Waals surface area contributed by atoms with Gasteiger partial charge in [0.05, 0.1) is 0 Å². The summed E-state index contributed by atoms with van der Waals surface area (Å²) in [6.45, 7) is 0. The van der Waals surface area contributed by atoms with Gasteiger partial charge in [-0.05, 0) is 0 Å². The minimum absolute atomic E-state index is 0. The van der Waals surface area contributed by atoms with E-state index in [1.54, 1.807) is 4.90 Å². The Morgan fingerprint density at radius 1 is 1.33 bits per heavy atom. The summed E-state index contributed by atoms with van der Waals surface area (Å²) >= 11 is 8.46. The number of hydrogen-bond donors (Lipinski definition) is 1. The Kier molecular flexibility index (Phi) is 30.1. The number of thiocarbonyl (C=S) groups is 1. The van der Waals surface area contributed by atoms with Crippen molar-refractivity contribution in [2.45, 2.75) is 0 Å². The molecule has 0 aliphatic carbocycles. The Labute approximate surface area is 89.6 Å². The van der Waals surface area contributed by atoms with E-state index >= 15 is 0 Å². The molecular weight excluding hydrogens is 249 g/mol. The minimum Gasteiger partial charge on any atom is -1.00 e. The standard InChI is InChI=1S/C3H7NS2.2ClH.Cu/c1-4(2)3(5)6;;;/h1-2H3,(H,5,6);2*1H;/q;;;+2/p-2. The van der Waals surface area contributed by atoms with Crippen molar-refractivity contribution in [3.05, 3.63) is 0 Å². The maximum atomic E-state index is 4.61. The molecule has 0 saturated heterocycles. The van der Waals surface area contributed by atoms with Crippen LogP contribution in [-0.4, -0.2) is 23.3 Å². The summed E-state index contributed by atoms with van der Waals surface area (Å²) < 4.78 is 0.620. The van der Waals surface area contributed by atoms with Crippen molar-refractivity contribution in [2.24, 2.45) is 0 Å². The molecular formula is C3H7Cl2CuNS2. The second-order valence-electron chi connectivity index (χ2n) is 1.18. The van der Waals surface area contributed by atoms with E-state index in [0.717, 1.165) is 0 Å². The fourth-order valence-electron chi connectivity index (χ4n) is 0. The summed E-state index contributed by atoms with van der Waals surface area (Å²) in [6, 6.07) is 0. The fraction of sp³-hybridized carbons (Fsp3) is 0.667. The van der Waals surface area contributed by atoms with E-state index in [9.17, 15) is 0 Å². The van der Waals surface area contributed by atoms with Crippen molar-refractivity contribution in [1.29, 1.82) is 0 Å². The van der Waals surface area contributed by atoms with Gasteiger partial charge in [0.2, 0.25) is 0 Å². The molecule has 1 nitrogen and oxygen atoms in total. The Hall–Kier alpha value is 1.34. The zero-order valence-corrected chi connectivity index (χ0v) is 9.02. The van der Waals surface area contributed by atoms with Crippen molar-refractivity contribution in [3.63, 3.8) is 0 Å². The average Bonchev–Trinajstić information content (AvgIpc) is 1.36. The minimum atomic E-state index is 0. The van der Waals surface area contributed by atoms with Crippen LogP contribution >= 0.6 is 24.8 Å². The van der Waals surface area contributed by atoms with Crippen molar-refractivity contribution in [2.75, 3.05) is 14.1 Å². The van der Waals surface area contributed by atoms with E-state index < -0.39 is 0 Å². The molecule has 9 heavy (non-hydrogen) atoms. The predicted molar refractivity (Wildman–Crippen MR) is 35.3 cm³/mol. The molecule has 0 aromatic heterocycles. The van der Waals surface area contributed by atoms with Gasteiger partial charge in [0, 0.05) is 14.1 Å². The summed E-state index contributed by atoms with van der Waals surface area (Å²) in [5.41, 5.74) is 0. The van der Waals surface area contributed by atoms with Gasteiger partial charge in [-0.25, -0.2) is 0 Å². The van der Waals surface area contributed by atoms with Crippen LogP contribution < -0.4 is 24.8 Å². The Balaban J connectivity index is -0.0000000417. The average molecular weight is 256 g/mol. The van der Waals surface area contributed by atoms with E-state index in [4.69, 9.17) is 0 Å². The zero-order valence-electron chi connectivity index (χ0n) is 4.86. The molecule has 0 atom stereocenters. The third kappa shape index (κ3) is 17.6. The number of hydrogen-bond acceptors (Lipinski definition) is 1. The third-order valence-electron chi connectivity index (χ3n) is 0.383. The number of halogens is 2. The molecule has 0 rings (SSSR count). The molecule has 0 saturated carbocycles. The van der Waals surface area contributed by atoms with Crippen molar-refractivity contribution in [1.82, 2.24) is 4.90 Å². The van der Waals surface area contributed by atoms with Gasteiger partial charge in [-0.2, -0.15) is 0 Å².